The van der Waals surface area contributed by atoms with Crippen molar-refractivity contribution in [2.45, 2.75) is 13.3 Å². The van der Waals surface area contributed by atoms with Crippen LogP contribution in [0, 0.1) is 12.4 Å². The first kappa shape index (κ1) is 13.6. The van der Waals surface area contributed by atoms with Crippen molar-refractivity contribution in [3.63, 3.8) is 0 Å². The van der Waals surface area contributed by atoms with Gasteiger partial charge in [-0.3, -0.25) is 9.78 Å². The van der Waals surface area contributed by atoms with Gasteiger partial charge in [-0.25, -0.2) is 14.2 Å². The zero-order chi connectivity index (χ0) is 14.5. The Morgan fingerprint density at radius 2 is 2.25 bits per heavy atom. The minimum atomic E-state index is -0.482. The van der Waals surface area contributed by atoms with E-state index in [1.165, 1.54) is 18.2 Å². The Bertz CT molecular complexity index is 677. The van der Waals surface area contributed by atoms with Gasteiger partial charge >= 0.3 is 0 Å². The third-order valence-electron chi connectivity index (χ3n) is 2.56. The molecule has 2 rings (SSSR count). The average molecular weight is 270 g/mol. The summed E-state index contributed by atoms with van der Waals surface area (Å²) in [6, 6.07) is 5.60. The molecule has 0 atom stereocenters. The van der Waals surface area contributed by atoms with Gasteiger partial charge in [-0.05, 0) is 30.7 Å². The molecule has 0 aliphatic rings. The number of halogens is 1. The van der Waals surface area contributed by atoms with Gasteiger partial charge < -0.3 is 5.32 Å². The number of nitrogens with zero attached hydrogens (tertiary/aromatic N) is 3. The lowest BCUT2D eigenvalue weighted by atomic mass is 10.2. The molecule has 0 aromatic carbocycles. The average Bonchev–Trinajstić information content (AvgIpc) is 2.48. The summed E-state index contributed by atoms with van der Waals surface area (Å²) >= 11 is 0. The van der Waals surface area contributed by atoms with Gasteiger partial charge in [0.05, 0.1) is 12.8 Å². The van der Waals surface area contributed by atoms with Crippen LogP contribution in [0.25, 0.3) is 4.85 Å². The molecule has 5 nitrogen and oxygen atoms in total. The first-order chi connectivity index (χ1) is 9.62. The SMILES string of the molecule is [C-]#[N+]c1cc(CC)nc(C(=O)Nc2ccc(F)cn2)c1. The molecule has 1 N–H and O–H groups in total. The van der Waals surface area contributed by atoms with Gasteiger partial charge in [0.15, 0.2) is 5.69 Å². The number of rotatable bonds is 3. The largest absolute Gasteiger partial charge is 0.305 e. The van der Waals surface area contributed by atoms with Crippen LogP contribution in [0.3, 0.4) is 0 Å². The quantitative estimate of drug-likeness (QED) is 0.872. The van der Waals surface area contributed by atoms with Gasteiger partial charge in [-0.1, -0.05) is 6.92 Å². The number of pyridine rings is 2. The summed E-state index contributed by atoms with van der Waals surface area (Å²) in [4.78, 5) is 23.2. The monoisotopic (exact) mass is 270 g/mol. The lowest BCUT2D eigenvalue weighted by Crippen LogP contribution is -2.15. The van der Waals surface area contributed by atoms with E-state index < -0.39 is 11.7 Å². The van der Waals surface area contributed by atoms with Crippen LogP contribution in [-0.2, 0) is 6.42 Å². The lowest BCUT2D eigenvalue weighted by molar-refractivity contribution is 0.102. The van der Waals surface area contributed by atoms with Crippen molar-refractivity contribution in [1.82, 2.24) is 9.97 Å². The number of hydrogen-bond donors (Lipinski definition) is 1. The number of amides is 1. The van der Waals surface area contributed by atoms with E-state index in [1.54, 1.807) is 6.07 Å². The van der Waals surface area contributed by atoms with Crippen molar-refractivity contribution >= 4 is 17.4 Å². The summed E-state index contributed by atoms with van der Waals surface area (Å²) < 4.78 is 12.7. The zero-order valence-corrected chi connectivity index (χ0v) is 10.7. The van der Waals surface area contributed by atoms with E-state index in [4.69, 9.17) is 6.57 Å². The maximum Gasteiger partial charge on any atom is 0.274 e. The lowest BCUT2D eigenvalue weighted by Gasteiger charge is -2.06. The fourth-order valence-electron chi connectivity index (χ4n) is 1.56. The zero-order valence-electron chi connectivity index (χ0n) is 10.7. The molecule has 0 unspecified atom stereocenters. The molecule has 0 aliphatic carbocycles. The molecule has 0 spiro atoms. The first-order valence-electron chi connectivity index (χ1n) is 5.93. The Balaban J connectivity index is 2.25. The molecular formula is C14H11FN4O. The number of aromatic nitrogens is 2. The Morgan fingerprint density at radius 3 is 2.85 bits per heavy atom. The minimum absolute atomic E-state index is 0.140. The Hall–Kier alpha value is -2.81. The summed E-state index contributed by atoms with van der Waals surface area (Å²) in [6.45, 7) is 8.90. The minimum Gasteiger partial charge on any atom is -0.305 e. The van der Waals surface area contributed by atoms with Gasteiger partial charge in [0.25, 0.3) is 5.91 Å². The summed E-state index contributed by atoms with van der Waals surface area (Å²) in [5, 5.41) is 2.51. The maximum atomic E-state index is 12.7. The number of anilines is 1. The third-order valence-corrected chi connectivity index (χ3v) is 2.56. The van der Waals surface area contributed by atoms with E-state index in [9.17, 15) is 9.18 Å². The fraction of sp³-hybridized carbons (Fsp3) is 0.143. The van der Waals surface area contributed by atoms with E-state index in [2.05, 4.69) is 20.1 Å². The summed E-state index contributed by atoms with van der Waals surface area (Å²) in [5.41, 5.74) is 1.16. The summed E-state index contributed by atoms with van der Waals surface area (Å²) in [7, 11) is 0. The maximum absolute atomic E-state index is 12.7. The fourth-order valence-corrected chi connectivity index (χ4v) is 1.56. The Kier molecular flexibility index (Phi) is 4.01. The van der Waals surface area contributed by atoms with Crippen LogP contribution in [0.15, 0.2) is 30.5 Å². The molecule has 1 amide bonds. The standard InChI is InChI=1S/C14H11FN4O/c1-3-10-6-11(16-2)7-12(18-10)14(20)19-13-5-4-9(15)8-17-13/h4-8H,3H2,1H3,(H,17,19,20). The molecule has 100 valence electrons. The smallest absolute Gasteiger partial charge is 0.274 e. The normalized spacial score (nSPS) is 9.85. The Labute approximate surface area is 115 Å². The number of aryl methyl sites for hydroxylation is 1. The molecule has 0 aliphatic heterocycles. The molecule has 0 bridgehead atoms. The highest BCUT2D eigenvalue weighted by molar-refractivity contribution is 6.02. The van der Waals surface area contributed by atoms with Crippen molar-refractivity contribution in [2.24, 2.45) is 0 Å². The van der Waals surface area contributed by atoms with E-state index in [-0.39, 0.29) is 11.5 Å². The molecule has 2 aromatic rings. The van der Waals surface area contributed by atoms with E-state index in [0.29, 0.717) is 17.8 Å². The molecule has 0 saturated heterocycles. The van der Waals surface area contributed by atoms with Crippen molar-refractivity contribution in [3.05, 3.63) is 59.1 Å². The number of carbonyl (C=O) groups is 1. The van der Waals surface area contributed by atoms with Gasteiger partial charge in [0, 0.05) is 5.69 Å². The molecule has 6 heteroatoms. The van der Waals surface area contributed by atoms with E-state index in [0.717, 1.165) is 6.20 Å². The van der Waals surface area contributed by atoms with Gasteiger partial charge in [0.1, 0.15) is 17.3 Å². The summed E-state index contributed by atoms with van der Waals surface area (Å²) in [6.07, 6.45) is 1.63. The topological polar surface area (TPSA) is 59.2 Å². The molecule has 2 heterocycles. The number of hydrogen-bond acceptors (Lipinski definition) is 3. The van der Waals surface area contributed by atoms with Crippen LogP contribution in [0.4, 0.5) is 15.9 Å². The molecular weight excluding hydrogens is 259 g/mol. The molecule has 0 fully saturated rings. The van der Waals surface area contributed by atoms with Crippen molar-refractivity contribution < 1.29 is 9.18 Å². The van der Waals surface area contributed by atoms with Crippen LogP contribution in [0.1, 0.15) is 23.1 Å². The first-order valence-corrected chi connectivity index (χ1v) is 5.93. The van der Waals surface area contributed by atoms with Gasteiger partial charge in [0.2, 0.25) is 0 Å². The number of nitrogens with one attached hydrogen (secondary N) is 1. The van der Waals surface area contributed by atoms with Crippen LogP contribution < -0.4 is 5.32 Å². The van der Waals surface area contributed by atoms with Crippen molar-refractivity contribution in [1.29, 1.82) is 0 Å². The highest BCUT2D eigenvalue weighted by Gasteiger charge is 2.11. The van der Waals surface area contributed by atoms with Crippen LogP contribution in [0.5, 0.6) is 0 Å². The highest BCUT2D eigenvalue weighted by atomic mass is 19.1. The second-order valence-electron chi connectivity index (χ2n) is 3.98. The van der Waals surface area contributed by atoms with Gasteiger partial charge in [-0.15, -0.1) is 0 Å². The highest BCUT2D eigenvalue weighted by Crippen LogP contribution is 2.16. The van der Waals surface area contributed by atoms with E-state index in [1.807, 2.05) is 6.92 Å². The van der Waals surface area contributed by atoms with Crippen LogP contribution >= 0.6 is 0 Å². The van der Waals surface area contributed by atoms with Gasteiger partial charge in [-0.2, -0.15) is 0 Å². The van der Waals surface area contributed by atoms with Crippen molar-refractivity contribution in [3.8, 4) is 0 Å². The second-order valence-corrected chi connectivity index (χ2v) is 3.98. The molecule has 0 saturated carbocycles. The summed E-state index contributed by atoms with van der Waals surface area (Å²) in [5.74, 6) is -0.738. The van der Waals surface area contributed by atoms with Crippen molar-refractivity contribution in [2.75, 3.05) is 5.32 Å². The molecule has 20 heavy (non-hydrogen) atoms. The second kappa shape index (κ2) is 5.89. The third kappa shape index (κ3) is 3.14. The van der Waals surface area contributed by atoms with Crippen LogP contribution in [-0.4, -0.2) is 15.9 Å². The predicted molar refractivity (Wildman–Crippen MR) is 72.0 cm³/mol. The predicted octanol–water partition coefficient (Wildman–Crippen LogP) is 2.98. The van der Waals surface area contributed by atoms with E-state index >= 15 is 0 Å². The number of carbonyl (C=O) groups excluding carboxylic acids is 1. The molecule has 0 radical (unpaired) electrons. The molecule has 2 aromatic heterocycles. The Morgan fingerprint density at radius 1 is 1.45 bits per heavy atom. The van der Waals surface area contributed by atoms with Crippen LogP contribution in [0.2, 0.25) is 0 Å².